The molecule has 3 aliphatic rings. The number of rotatable bonds is 9. The summed E-state index contributed by atoms with van der Waals surface area (Å²) < 4.78 is -0.730. The number of nitrogens with zero attached hydrogens (tertiary/aromatic N) is 1. The number of benzene rings is 1. The summed E-state index contributed by atoms with van der Waals surface area (Å²) in [5.74, 6) is -1.64. The number of para-hydroxylation sites is 1. The van der Waals surface area contributed by atoms with Crippen molar-refractivity contribution in [3.05, 3.63) is 29.3 Å². The standard InChI is InChI=1S/C27H38BrN3O4S/c1-6-11-29-24(33)19-20-26(35)31(18(13-32)14(3)7-2)23(27(20)12-17(28)22(19)36-27)25(34)30-21-15(4)9-8-10-16(21)5/h8-10,14,17-20,22-23,32H,6-7,11-13H2,1-5H3,(H,29,33)(H,30,34)/t14-,17?,18-,19+,20-,22+,23?,27?/m0/s1. The normalized spacial score (nSPS) is 32.4. The van der Waals surface area contributed by atoms with Crippen LogP contribution in [-0.2, 0) is 14.4 Å². The summed E-state index contributed by atoms with van der Waals surface area (Å²) in [6, 6.07) is 4.59. The van der Waals surface area contributed by atoms with Gasteiger partial charge in [0.1, 0.15) is 6.04 Å². The summed E-state index contributed by atoms with van der Waals surface area (Å²) in [4.78, 5) is 43.4. The predicted molar refractivity (Wildman–Crippen MR) is 147 cm³/mol. The van der Waals surface area contributed by atoms with E-state index in [2.05, 4.69) is 26.6 Å². The molecule has 0 aromatic heterocycles. The quantitative estimate of drug-likeness (QED) is 0.388. The number of thioether (sulfide) groups is 1. The van der Waals surface area contributed by atoms with Gasteiger partial charge in [-0.3, -0.25) is 14.4 Å². The Labute approximate surface area is 226 Å². The number of carbonyl (C=O) groups is 3. The average molecular weight is 581 g/mol. The van der Waals surface area contributed by atoms with E-state index in [0.717, 1.165) is 29.7 Å². The molecule has 3 N–H and O–H groups in total. The zero-order valence-electron chi connectivity index (χ0n) is 21.7. The largest absolute Gasteiger partial charge is 0.394 e. The van der Waals surface area contributed by atoms with E-state index in [-0.39, 0.29) is 40.3 Å². The van der Waals surface area contributed by atoms with Gasteiger partial charge in [-0.15, -0.1) is 11.8 Å². The van der Waals surface area contributed by atoms with Crippen LogP contribution in [0.2, 0.25) is 0 Å². The molecule has 3 amide bonds. The maximum Gasteiger partial charge on any atom is 0.248 e. The number of aliphatic hydroxyl groups excluding tert-OH is 1. The number of hydrogen-bond acceptors (Lipinski definition) is 5. The highest BCUT2D eigenvalue weighted by Crippen LogP contribution is 2.68. The van der Waals surface area contributed by atoms with Crippen LogP contribution >= 0.6 is 27.7 Å². The number of alkyl halides is 1. The Hall–Kier alpha value is -1.58. The Bertz CT molecular complexity index is 1020. The molecule has 0 aliphatic carbocycles. The van der Waals surface area contributed by atoms with Crippen molar-refractivity contribution in [2.75, 3.05) is 18.5 Å². The SMILES string of the molecule is CCCNC(=O)[C@H]1[C@@H]2SC3(CC2Br)C(C(=O)Nc2c(C)cccc2C)N([C@@H](CO)[C@@H](C)CC)C(=O)[C@H]13. The molecule has 8 atom stereocenters. The fourth-order valence-corrected chi connectivity index (χ4v) is 10.0. The molecule has 7 nitrogen and oxygen atoms in total. The van der Waals surface area contributed by atoms with Crippen LogP contribution in [0.25, 0.3) is 0 Å². The van der Waals surface area contributed by atoms with Gasteiger partial charge in [0, 0.05) is 22.3 Å². The number of anilines is 1. The van der Waals surface area contributed by atoms with Gasteiger partial charge in [0.25, 0.3) is 0 Å². The third kappa shape index (κ3) is 4.29. The highest BCUT2D eigenvalue weighted by atomic mass is 79.9. The van der Waals surface area contributed by atoms with Crippen molar-refractivity contribution in [1.82, 2.24) is 10.2 Å². The number of amides is 3. The van der Waals surface area contributed by atoms with Crippen LogP contribution in [0.4, 0.5) is 5.69 Å². The monoisotopic (exact) mass is 579 g/mol. The average Bonchev–Trinajstić information content (AvgIpc) is 3.44. The molecule has 1 spiro atoms. The lowest BCUT2D eigenvalue weighted by molar-refractivity contribution is -0.143. The second kappa shape index (κ2) is 10.7. The molecule has 4 rings (SSSR count). The summed E-state index contributed by atoms with van der Waals surface area (Å²) >= 11 is 5.42. The second-order valence-electron chi connectivity index (χ2n) is 10.6. The third-order valence-corrected chi connectivity index (χ3v) is 11.6. The predicted octanol–water partition coefficient (Wildman–Crippen LogP) is 3.64. The van der Waals surface area contributed by atoms with E-state index in [0.29, 0.717) is 13.0 Å². The molecule has 1 aromatic carbocycles. The number of halogens is 1. The Balaban J connectivity index is 1.80. The minimum atomic E-state index is -0.779. The van der Waals surface area contributed by atoms with E-state index in [4.69, 9.17) is 0 Å². The Morgan fingerprint density at radius 2 is 1.92 bits per heavy atom. The molecule has 3 saturated heterocycles. The molecule has 0 saturated carbocycles. The number of aliphatic hydroxyl groups is 1. The van der Waals surface area contributed by atoms with E-state index in [1.807, 2.05) is 52.8 Å². The summed E-state index contributed by atoms with van der Waals surface area (Å²) in [6.07, 6.45) is 2.19. The lowest BCUT2D eigenvalue weighted by Crippen LogP contribution is -2.56. The molecular formula is C27H38BrN3O4S. The molecule has 2 bridgehead atoms. The van der Waals surface area contributed by atoms with Crippen molar-refractivity contribution in [1.29, 1.82) is 0 Å². The number of carbonyl (C=O) groups excluding carboxylic acids is 3. The number of hydrogen-bond donors (Lipinski definition) is 3. The van der Waals surface area contributed by atoms with Crippen LogP contribution in [0.1, 0.15) is 51.2 Å². The fourth-order valence-electron chi connectivity index (χ4n) is 6.41. The van der Waals surface area contributed by atoms with Gasteiger partial charge in [-0.1, -0.05) is 61.3 Å². The first-order chi connectivity index (χ1) is 17.1. The van der Waals surface area contributed by atoms with Crippen LogP contribution in [0.5, 0.6) is 0 Å². The third-order valence-electron chi connectivity index (χ3n) is 8.40. The van der Waals surface area contributed by atoms with Crippen LogP contribution in [0.3, 0.4) is 0 Å². The van der Waals surface area contributed by atoms with E-state index < -0.39 is 28.7 Å². The van der Waals surface area contributed by atoms with Crippen molar-refractivity contribution in [2.45, 2.75) is 80.8 Å². The van der Waals surface area contributed by atoms with Gasteiger partial charge in [-0.05, 0) is 43.7 Å². The first-order valence-electron chi connectivity index (χ1n) is 13.0. The summed E-state index contributed by atoms with van der Waals surface area (Å²) in [6.45, 7) is 10.3. The van der Waals surface area contributed by atoms with Crippen molar-refractivity contribution >= 4 is 51.1 Å². The van der Waals surface area contributed by atoms with Crippen molar-refractivity contribution in [2.24, 2.45) is 17.8 Å². The number of fused-ring (bicyclic) bond motifs is 1. The molecule has 3 aliphatic heterocycles. The molecule has 9 heteroatoms. The number of nitrogens with one attached hydrogen (secondary N) is 2. The molecule has 0 radical (unpaired) electrons. The summed E-state index contributed by atoms with van der Waals surface area (Å²) in [7, 11) is 0. The number of likely N-dealkylation sites (tertiary alicyclic amines) is 1. The number of aryl methyl sites for hydroxylation is 2. The van der Waals surface area contributed by atoms with Crippen molar-refractivity contribution in [3.63, 3.8) is 0 Å². The Morgan fingerprint density at radius 1 is 1.25 bits per heavy atom. The Morgan fingerprint density at radius 3 is 2.50 bits per heavy atom. The minimum Gasteiger partial charge on any atom is -0.394 e. The molecule has 198 valence electrons. The lowest BCUT2D eigenvalue weighted by Gasteiger charge is -2.39. The fraction of sp³-hybridized carbons (Fsp3) is 0.667. The molecule has 3 fully saturated rings. The van der Waals surface area contributed by atoms with Gasteiger partial charge >= 0.3 is 0 Å². The van der Waals surface area contributed by atoms with Gasteiger partial charge < -0.3 is 20.6 Å². The maximum absolute atomic E-state index is 14.2. The van der Waals surface area contributed by atoms with Crippen molar-refractivity contribution < 1.29 is 19.5 Å². The highest BCUT2D eigenvalue weighted by molar-refractivity contribution is 9.09. The smallest absolute Gasteiger partial charge is 0.248 e. The van der Waals surface area contributed by atoms with Crippen LogP contribution in [0, 0.1) is 31.6 Å². The maximum atomic E-state index is 14.2. The zero-order chi connectivity index (χ0) is 26.4. The van der Waals surface area contributed by atoms with E-state index in [9.17, 15) is 19.5 Å². The molecule has 36 heavy (non-hydrogen) atoms. The van der Waals surface area contributed by atoms with E-state index >= 15 is 0 Å². The summed E-state index contributed by atoms with van der Waals surface area (Å²) in [5.41, 5.74) is 2.66. The van der Waals surface area contributed by atoms with Crippen LogP contribution < -0.4 is 10.6 Å². The molecule has 3 unspecified atom stereocenters. The highest BCUT2D eigenvalue weighted by Gasteiger charge is 2.76. The van der Waals surface area contributed by atoms with Gasteiger partial charge in [-0.2, -0.15) is 0 Å². The second-order valence-corrected chi connectivity index (χ2v) is 13.3. The van der Waals surface area contributed by atoms with Gasteiger partial charge in [-0.25, -0.2) is 0 Å². The van der Waals surface area contributed by atoms with E-state index in [1.165, 1.54) is 0 Å². The Kier molecular flexibility index (Phi) is 8.12. The van der Waals surface area contributed by atoms with E-state index in [1.54, 1.807) is 16.7 Å². The van der Waals surface area contributed by atoms with Gasteiger partial charge in [0.2, 0.25) is 17.7 Å². The zero-order valence-corrected chi connectivity index (χ0v) is 24.1. The first-order valence-corrected chi connectivity index (χ1v) is 14.8. The molecule has 1 aromatic rings. The molecule has 3 heterocycles. The van der Waals surface area contributed by atoms with Gasteiger partial charge in [0.15, 0.2) is 0 Å². The molecular weight excluding hydrogens is 542 g/mol. The first kappa shape index (κ1) is 27.5. The van der Waals surface area contributed by atoms with Gasteiger partial charge in [0.05, 0.1) is 29.2 Å². The summed E-state index contributed by atoms with van der Waals surface area (Å²) in [5, 5.41) is 16.5. The lowest BCUT2D eigenvalue weighted by atomic mass is 9.70. The topological polar surface area (TPSA) is 98.7 Å². The van der Waals surface area contributed by atoms with Crippen LogP contribution in [-0.4, -0.2) is 67.8 Å². The minimum absolute atomic E-state index is 0.000917. The van der Waals surface area contributed by atoms with Crippen LogP contribution in [0.15, 0.2) is 18.2 Å². The van der Waals surface area contributed by atoms with Crippen molar-refractivity contribution in [3.8, 4) is 0 Å².